The van der Waals surface area contributed by atoms with Crippen LogP contribution >= 0.6 is 0 Å². The highest BCUT2D eigenvalue weighted by molar-refractivity contribution is 5.53. The molecule has 0 fully saturated rings. The first-order valence-corrected chi connectivity index (χ1v) is 6.88. The van der Waals surface area contributed by atoms with E-state index in [-0.39, 0.29) is 0 Å². The monoisotopic (exact) mass is 280 g/mol. The SMILES string of the molecule is Cc1cnc(N2CCc3cc(O)c(C)cc3C2)c(C#N)n1. The summed E-state index contributed by atoms with van der Waals surface area (Å²) in [6.07, 6.45) is 2.51. The molecule has 0 atom stereocenters. The van der Waals surface area contributed by atoms with Gasteiger partial charge in [0.25, 0.3) is 0 Å². The highest BCUT2D eigenvalue weighted by Gasteiger charge is 2.21. The molecule has 0 saturated carbocycles. The van der Waals surface area contributed by atoms with Gasteiger partial charge >= 0.3 is 0 Å². The maximum Gasteiger partial charge on any atom is 0.183 e. The van der Waals surface area contributed by atoms with Crippen molar-refractivity contribution in [1.29, 1.82) is 5.26 Å². The summed E-state index contributed by atoms with van der Waals surface area (Å²) in [4.78, 5) is 10.7. The molecule has 0 saturated heterocycles. The van der Waals surface area contributed by atoms with Crippen molar-refractivity contribution < 1.29 is 5.11 Å². The number of nitrogens with zero attached hydrogens (tertiary/aromatic N) is 4. The fourth-order valence-corrected chi connectivity index (χ4v) is 2.68. The summed E-state index contributed by atoms with van der Waals surface area (Å²) in [6.45, 7) is 5.17. The lowest BCUT2D eigenvalue weighted by Gasteiger charge is -2.30. The third-order valence-corrected chi connectivity index (χ3v) is 3.81. The average molecular weight is 280 g/mol. The molecular weight excluding hydrogens is 264 g/mol. The Bertz CT molecular complexity index is 749. The molecule has 1 aliphatic rings. The van der Waals surface area contributed by atoms with E-state index in [2.05, 4.69) is 20.9 Å². The summed E-state index contributed by atoms with van der Waals surface area (Å²) >= 11 is 0. The summed E-state index contributed by atoms with van der Waals surface area (Å²) in [5.74, 6) is 0.981. The first kappa shape index (κ1) is 13.4. The Hall–Kier alpha value is -2.61. The maximum absolute atomic E-state index is 9.79. The zero-order valence-corrected chi connectivity index (χ0v) is 12.1. The van der Waals surface area contributed by atoms with E-state index in [0.29, 0.717) is 23.8 Å². The smallest absolute Gasteiger partial charge is 0.183 e. The fourth-order valence-electron chi connectivity index (χ4n) is 2.68. The minimum absolute atomic E-state index is 0.343. The number of aryl methyl sites for hydroxylation is 2. The molecule has 21 heavy (non-hydrogen) atoms. The summed E-state index contributed by atoms with van der Waals surface area (Å²) in [5, 5.41) is 19.0. The topological polar surface area (TPSA) is 73.0 Å². The van der Waals surface area contributed by atoms with Crippen LogP contribution in [-0.2, 0) is 13.0 Å². The molecule has 0 radical (unpaired) electrons. The summed E-state index contributed by atoms with van der Waals surface area (Å²) < 4.78 is 0. The Balaban J connectivity index is 1.97. The lowest BCUT2D eigenvalue weighted by Crippen LogP contribution is -2.32. The van der Waals surface area contributed by atoms with Crippen LogP contribution in [0.4, 0.5) is 5.82 Å². The second-order valence-electron chi connectivity index (χ2n) is 5.37. The van der Waals surface area contributed by atoms with Gasteiger partial charge in [-0.25, -0.2) is 9.97 Å². The number of benzene rings is 1. The number of phenolic OH excluding ortho intramolecular Hbond substituents is 1. The second-order valence-corrected chi connectivity index (χ2v) is 5.37. The predicted molar refractivity (Wildman–Crippen MR) is 79.1 cm³/mol. The normalized spacial score (nSPS) is 13.7. The van der Waals surface area contributed by atoms with Crippen LogP contribution in [0.3, 0.4) is 0 Å². The van der Waals surface area contributed by atoms with Crippen molar-refractivity contribution in [2.24, 2.45) is 0 Å². The van der Waals surface area contributed by atoms with Crippen molar-refractivity contribution >= 4 is 5.82 Å². The van der Waals surface area contributed by atoms with Gasteiger partial charge in [-0.2, -0.15) is 5.26 Å². The quantitative estimate of drug-likeness (QED) is 0.867. The van der Waals surface area contributed by atoms with E-state index >= 15 is 0 Å². The molecule has 0 unspecified atom stereocenters. The van der Waals surface area contributed by atoms with E-state index in [1.165, 1.54) is 5.56 Å². The Morgan fingerprint density at radius 2 is 2.10 bits per heavy atom. The summed E-state index contributed by atoms with van der Waals surface area (Å²) in [5.41, 5.74) is 4.31. The lowest BCUT2D eigenvalue weighted by atomic mass is 9.97. The Morgan fingerprint density at radius 1 is 1.29 bits per heavy atom. The van der Waals surface area contributed by atoms with Crippen molar-refractivity contribution in [1.82, 2.24) is 9.97 Å². The van der Waals surface area contributed by atoms with Crippen LogP contribution in [0, 0.1) is 25.2 Å². The molecule has 2 heterocycles. The second kappa shape index (κ2) is 5.06. The Morgan fingerprint density at radius 3 is 2.86 bits per heavy atom. The molecule has 5 heteroatoms. The lowest BCUT2D eigenvalue weighted by molar-refractivity contribution is 0.469. The van der Waals surface area contributed by atoms with Gasteiger partial charge in [-0.1, -0.05) is 6.07 Å². The van der Waals surface area contributed by atoms with Crippen molar-refractivity contribution in [2.75, 3.05) is 11.4 Å². The van der Waals surface area contributed by atoms with Gasteiger partial charge in [0.2, 0.25) is 0 Å². The molecule has 0 spiro atoms. The van der Waals surface area contributed by atoms with Gasteiger partial charge < -0.3 is 10.0 Å². The zero-order chi connectivity index (χ0) is 15.0. The number of rotatable bonds is 1. The van der Waals surface area contributed by atoms with Crippen LogP contribution in [0.25, 0.3) is 0 Å². The fraction of sp³-hybridized carbons (Fsp3) is 0.312. The summed E-state index contributed by atoms with van der Waals surface area (Å²) in [7, 11) is 0. The van der Waals surface area contributed by atoms with Gasteiger partial charge in [-0.15, -0.1) is 0 Å². The largest absolute Gasteiger partial charge is 0.508 e. The highest BCUT2D eigenvalue weighted by atomic mass is 16.3. The first-order valence-electron chi connectivity index (χ1n) is 6.88. The minimum atomic E-state index is 0.343. The minimum Gasteiger partial charge on any atom is -0.508 e. The van der Waals surface area contributed by atoms with Crippen molar-refractivity contribution in [3.63, 3.8) is 0 Å². The highest BCUT2D eigenvalue weighted by Crippen LogP contribution is 2.29. The van der Waals surface area contributed by atoms with Crippen LogP contribution in [-0.4, -0.2) is 21.6 Å². The zero-order valence-electron chi connectivity index (χ0n) is 12.1. The van der Waals surface area contributed by atoms with E-state index in [4.69, 9.17) is 0 Å². The van der Waals surface area contributed by atoms with Crippen molar-refractivity contribution in [3.8, 4) is 11.8 Å². The van der Waals surface area contributed by atoms with Gasteiger partial charge in [0.05, 0.1) is 11.9 Å². The van der Waals surface area contributed by atoms with Crippen LogP contribution in [0.1, 0.15) is 28.1 Å². The number of phenols is 1. The molecule has 3 rings (SSSR count). The number of hydrogen-bond donors (Lipinski definition) is 1. The third-order valence-electron chi connectivity index (χ3n) is 3.81. The van der Waals surface area contributed by atoms with E-state index in [0.717, 1.165) is 29.8 Å². The molecule has 1 aromatic heterocycles. The van der Waals surface area contributed by atoms with Crippen LogP contribution in [0.15, 0.2) is 18.3 Å². The predicted octanol–water partition coefficient (Wildman–Crippen LogP) is 2.23. The van der Waals surface area contributed by atoms with Crippen LogP contribution < -0.4 is 4.90 Å². The van der Waals surface area contributed by atoms with E-state index < -0.39 is 0 Å². The molecule has 5 nitrogen and oxygen atoms in total. The van der Waals surface area contributed by atoms with Gasteiger partial charge in [0.1, 0.15) is 11.8 Å². The molecule has 1 aromatic carbocycles. The van der Waals surface area contributed by atoms with Crippen LogP contribution in [0.2, 0.25) is 0 Å². The number of aromatic nitrogens is 2. The number of hydrogen-bond acceptors (Lipinski definition) is 5. The van der Waals surface area contributed by atoms with E-state index in [9.17, 15) is 10.4 Å². The number of aromatic hydroxyl groups is 1. The van der Waals surface area contributed by atoms with Gasteiger partial charge in [0, 0.05) is 13.1 Å². The van der Waals surface area contributed by atoms with Gasteiger partial charge in [0.15, 0.2) is 11.5 Å². The molecule has 0 amide bonds. The molecule has 106 valence electrons. The van der Waals surface area contributed by atoms with Crippen molar-refractivity contribution in [3.05, 3.63) is 46.4 Å². The molecule has 2 aromatic rings. The molecule has 0 aliphatic carbocycles. The first-order chi connectivity index (χ1) is 10.1. The standard InChI is InChI=1S/C16H16N4O/c1-10-5-13-9-20(4-3-12(13)6-15(10)21)16-14(7-17)19-11(2)8-18-16/h5-6,8,21H,3-4,9H2,1-2H3. The summed E-state index contributed by atoms with van der Waals surface area (Å²) in [6, 6.07) is 5.97. The molecular formula is C16H16N4O. The molecule has 1 N–H and O–H groups in total. The van der Waals surface area contributed by atoms with Crippen LogP contribution in [0.5, 0.6) is 5.75 Å². The third kappa shape index (κ3) is 2.40. The van der Waals surface area contributed by atoms with E-state index in [1.54, 1.807) is 6.20 Å². The number of fused-ring (bicyclic) bond motifs is 1. The van der Waals surface area contributed by atoms with E-state index in [1.807, 2.05) is 26.0 Å². The number of nitriles is 1. The Kier molecular flexibility index (Phi) is 3.22. The number of anilines is 1. The molecule has 0 bridgehead atoms. The maximum atomic E-state index is 9.79. The average Bonchev–Trinajstić information content (AvgIpc) is 2.48. The molecule has 1 aliphatic heterocycles. The van der Waals surface area contributed by atoms with Crippen molar-refractivity contribution in [2.45, 2.75) is 26.8 Å². The van der Waals surface area contributed by atoms with Gasteiger partial charge in [-0.3, -0.25) is 0 Å². The van der Waals surface area contributed by atoms with Gasteiger partial charge in [-0.05, 0) is 43.0 Å². The Labute approximate surface area is 123 Å².